The van der Waals surface area contributed by atoms with Crippen LogP contribution in [0.15, 0.2) is 24.3 Å². The molecule has 7 nitrogen and oxygen atoms in total. The van der Waals surface area contributed by atoms with Gasteiger partial charge in [0.2, 0.25) is 5.13 Å². The van der Waals surface area contributed by atoms with Gasteiger partial charge in [0.15, 0.2) is 5.69 Å². The average Bonchev–Trinajstić information content (AvgIpc) is 3.22. The van der Waals surface area contributed by atoms with Crippen LogP contribution in [0.25, 0.3) is 5.69 Å². The van der Waals surface area contributed by atoms with Gasteiger partial charge in [0.1, 0.15) is 10.8 Å². The number of benzene rings is 1. The molecular weight excluding hydrogens is 355 g/mol. The number of nitrogens with one attached hydrogen (secondary N) is 1. The molecule has 0 radical (unpaired) electrons. The Labute approximate surface area is 154 Å². The van der Waals surface area contributed by atoms with Crippen molar-refractivity contribution in [3.05, 3.63) is 46.5 Å². The maximum atomic E-state index is 13.1. The fourth-order valence-corrected chi connectivity index (χ4v) is 3.23. The van der Waals surface area contributed by atoms with Gasteiger partial charge in [-0.3, -0.25) is 10.1 Å². The highest BCUT2D eigenvalue weighted by atomic mass is 32.1. The molecule has 0 bridgehead atoms. The molecule has 1 aromatic carbocycles. The van der Waals surface area contributed by atoms with Crippen molar-refractivity contribution in [2.24, 2.45) is 0 Å². The van der Waals surface area contributed by atoms with Crippen LogP contribution in [0.4, 0.5) is 9.52 Å². The van der Waals surface area contributed by atoms with Crippen LogP contribution in [0, 0.1) is 12.7 Å². The highest BCUT2D eigenvalue weighted by Crippen LogP contribution is 2.19. The average molecular weight is 374 g/mol. The Kier molecular flexibility index (Phi) is 5.67. The van der Waals surface area contributed by atoms with E-state index >= 15 is 0 Å². The lowest BCUT2D eigenvalue weighted by Crippen LogP contribution is -2.14. The lowest BCUT2D eigenvalue weighted by molar-refractivity contribution is 0.102. The maximum Gasteiger partial charge on any atom is 0.279 e. The Morgan fingerprint density at radius 2 is 1.96 bits per heavy atom. The van der Waals surface area contributed by atoms with Crippen molar-refractivity contribution in [3.8, 4) is 5.69 Å². The van der Waals surface area contributed by atoms with E-state index < -0.39 is 5.91 Å². The van der Waals surface area contributed by atoms with E-state index in [2.05, 4.69) is 32.7 Å². The molecule has 0 fully saturated rings. The third-order valence-electron chi connectivity index (χ3n) is 3.86. The summed E-state index contributed by atoms with van der Waals surface area (Å²) >= 11 is 1.37. The molecule has 0 atom stereocenters. The molecule has 1 amide bonds. The second kappa shape index (κ2) is 8.13. The van der Waals surface area contributed by atoms with Crippen LogP contribution < -0.4 is 5.32 Å². The number of carbonyl (C=O) groups is 1. The van der Waals surface area contributed by atoms with E-state index in [0.717, 1.165) is 30.7 Å². The van der Waals surface area contributed by atoms with Gasteiger partial charge in [0.05, 0.1) is 11.4 Å². The van der Waals surface area contributed by atoms with E-state index in [9.17, 15) is 9.18 Å². The van der Waals surface area contributed by atoms with Crippen LogP contribution in [-0.4, -0.2) is 31.1 Å². The molecule has 0 aliphatic rings. The molecule has 3 aromatic rings. The fourth-order valence-electron chi connectivity index (χ4n) is 2.45. The van der Waals surface area contributed by atoms with Crippen molar-refractivity contribution in [3.63, 3.8) is 0 Å². The molecular formula is C17H19FN6OS. The van der Waals surface area contributed by atoms with Gasteiger partial charge >= 0.3 is 0 Å². The lowest BCUT2D eigenvalue weighted by Gasteiger charge is -2.03. The normalized spacial score (nSPS) is 10.9. The number of anilines is 1. The summed E-state index contributed by atoms with van der Waals surface area (Å²) in [4.78, 5) is 12.5. The Bertz CT molecular complexity index is 889. The van der Waals surface area contributed by atoms with Crippen LogP contribution >= 0.6 is 11.3 Å². The first kappa shape index (κ1) is 18.1. The van der Waals surface area contributed by atoms with Gasteiger partial charge < -0.3 is 0 Å². The number of unbranched alkanes of at least 4 members (excludes halogenated alkanes) is 2. The van der Waals surface area contributed by atoms with Crippen molar-refractivity contribution in [2.45, 2.75) is 39.5 Å². The molecule has 0 saturated carbocycles. The van der Waals surface area contributed by atoms with E-state index in [4.69, 9.17) is 0 Å². The first-order valence-electron chi connectivity index (χ1n) is 8.40. The molecule has 0 spiro atoms. The predicted octanol–water partition coefficient (Wildman–Crippen LogP) is 3.55. The Morgan fingerprint density at radius 3 is 2.69 bits per heavy atom. The smallest absolute Gasteiger partial charge is 0.279 e. The largest absolute Gasteiger partial charge is 0.295 e. The molecule has 0 aliphatic heterocycles. The van der Waals surface area contributed by atoms with Gasteiger partial charge in [0, 0.05) is 6.42 Å². The van der Waals surface area contributed by atoms with E-state index in [0.29, 0.717) is 16.5 Å². The summed E-state index contributed by atoms with van der Waals surface area (Å²) in [5, 5.41) is 20.1. The highest BCUT2D eigenvalue weighted by Gasteiger charge is 2.19. The molecule has 1 N–H and O–H groups in total. The fraction of sp³-hybridized carbons (Fsp3) is 0.353. The number of nitrogens with zero attached hydrogens (tertiary/aromatic N) is 5. The quantitative estimate of drug-likeness (QED) is 0.639. The van der Waals surface area contributed by atoms with Crippen LogP contribution in [0.3, 0.4) is 0 Å². The van der Waals surface area contributed by atoms with E-state index in [1.807, 2.05) is 0 Å². The summed E-state index contributed by atoms with van der Waals surface area (Å²) in [7, 11) is 0. The van der Waals surface area contributed by atoms with Crippen LogP contribution in [0.1, 0.15) is 47.4 Å². The molecule has 0 unspecified atom stereocenters. The summed E-state index contributed by atoms with van der Waals surface area (Å²) in [6.45, 7) is 3.88. The summed E-state index contributed by atoms with van der Waals surface area (Å²) in [6, 6.07) is 5.81. The summed E-state index contributed by atoms with van der Waals surface area (Å²) in [5.74, 6) is -0.734. The number of aromatic nitrogens is 5. The molecule has 2 aromatic heterocycles. The minimum Gasteiger partial charge on any atom is -0.295 e. The standard InChI is InChI=1S/C17H19FN6OS/c1-3-4-5-6-14-20-22-17(26-14)19-16(25)15-11(2)24(23-21-15)13-9-7-12(18)8-10-13/h7-10H,3-6H2,1-2H3,(H,19,22,25). The van der Waals surface area contributed by atoms with Crippen molar-refractivity contribution >= 4 is 22.4 Å². The summed E-state index contributed by atoms with van der Waals surface area (Å²) in [6.07, 6.45) is 4.21. The predicted molar refractivity (Wildman–Crippen MR) is 97.1 cm³/mol. The van der Waals surface area contributed by atoms with Crippen LogP contribution in [0.2, 0.25) is 0 Å². The molecule has 3 rings (SSSR count). The number of rotatable bonds is 7. The number of aryl methyl sites for hydroxylation is 1. The van der Waals surface area contributed by atoms with Gasteiger partial charge in [-0.2, -0.15) is 0 Å². The molecule has 2 heterocycles. The second-order valence-corrected chi connectivity index (χ2v) is 6.89. The first-order chi connectivity index (χ1) is 12.6. The number of halogens is 1. The van der Waals surface area contributed by atoms with Crippen molar-refractivity contribution in [1.29, 1.82) is 0 Å². The summed E-state index contributed by atoms with van der Waals surface area (Å²) in [5.41, 5.74) is 1.38. The lowest BCUT2D eigenvalue weighted by atomic mass is 10.2. The number of amides is 1. The maximum absolute atomic E-state index is 13.1. The van der Waals surface area contributed by atoms with Gasteiger partial charge in [0.25, 0.3) is 5.91 Å². The molecule has 0 saturated heterocycles. The third kappa shape index (κ3) is 4.10. The summed E-state index contributed by atoms with van der Waals surface area (Å²) < 4.78 is 14.5. The van der Waals surface area contributed by atoms with Crippen LogP contribution in [-0.2, 0) is 6.42 Å². The Balaban J connectivity index is 1.70. The zero-order valence-corrected chi connectivity index (χ0v) is 15.4. The van der Waals surface area contributed by atoms with Crippen molar-refractivity contribution < 1.29 is 9.18 Å². The Hall–Kier alpha value is -2.68. The van der Waals surface area contributed by atoms with Gasteiger partial charge in [-0.25, -0.2) is 9.07 Å². The minimum atomic E-state index is -0.396. The van der Waals surface area contributed by atoms with Gasteiger partial charge in [-0.15, -0.1) is 15.3 Å². The van der Waals surface area contributed by atoms with Gasteiger partial charge in [-0.05, 0) is 37.6 Å². The zero-order valence-electron chi connectivity index (χ0n) is 14.6. The zero-order chi connectivity index (χ0) is 18.5. The van der Waals surface area contributed by atoms with E-state index in [-0.39, 0.29) is 11.5 Å². The van der Waals surface area contributed by atoms with Gasteiger partial charge in [-0.1, -0.05) is 36.3 Å². The molecule has 9 heteroatoms. The Morgan fingerprint density at radius 1 is 1.19 bits per heavy atom. The second-order valence-electron chi connectivity index (χ2n) is 5.82. The molecule has 0 aliphatic carbocycles. The topological polar surface area (TPSA) is 85.6 Å². The first-order valence-corrected chi connectivity index (χ1v) is 9.22. The minimum absolute atomic E-state index is 0.192. The molecule has 26 heavy (non-hydrogen) atoms. The van der Waals surface area contributed by atoms with Crippen molar-refractivity contribution in [2.75, 3.05) is 5.32 Å². The number of hydrogen-bond donors (Lipinski definition) is 1. The number of hydrogen-bond acceptors (Lipinski definition) is 6. The van der Waals surface area contributed by atoms with Crippen molar-refractivity contribution in [1.82, 2.24) is 25.2 Å². The molecule has 136 valence electrons. The SMILES string of the molecule is CCCCCc1nnc(NC(=O)c2nnn(-c3ccc(F)cc3)c2C)s1. The van der Waals surface area contributed by atoms with Crippen LogP contribution in [0.5, 0.6) is 0 Å². The highest BCUT2D eigenvalue weighted by molar-refractivity contribution is 7.15. The third-order valence-corrected chi connectivity index (χ3v) is 4.76. The number of carbonyl (C=O) groups excluding carboxylic acids is 1. The monoisotopic (exact) mass is 374 g/mol. The van der Waals surface area contributed by atoms with E-state index in [1.54, 1.807) is 19.1 Å². The van der Waals surface area contributed by atoms with E-state index in [1.165, 1.54) is 28.2 Å².